The summed E-state index contributed by atoms with van der Waals surface area (Å²) in [6.07, 6.45) is 3.71. The maximum absolute atomic E-state index is 13.4. The zero-order valence-corrected chi connectivity index (χ0v) is 12.9. The first-order chi connectivity index (χ1) is 11.0. The minimum atomic E-state index is -0.460. The molecule has 6 nitrogen and oxygen atoms in total. The molecule has 3 rings (SSSR count). The average molecular weight is 316 g/mol. The lowest BCUT2D eigenvalue weighted by Gasteiger charge is -2.04. The van der Waals surface area contributed by atoms with Crippen molar-refractivity contribution in [3.05, 3.63) is 63.3 Å². The van der Waals surface area contributed by atoms with Gasteiger partial charge in [0.15, 0.2) is 0 Å². The summed E-state index contributed by atoms with van der Waals surface area (Å²) in [7, 11) is 0. The Kier molecular flexibility index (Phi) is 3.85. The lowest BCUT2D eigenvalue weighted by atomic mass is 10.1. The summed E-state index contributed by atoms with van der Waals surface area (Å²) in [6, 6.07) is 5.70. The fourth-order valence-corrected chi connectivity index (χ4v) is 2.36. The molecule has 0 N–H and O–H groups in total. The third-order valence-electron chi connectivity index (χ3n) is 3.65. The van der Waals surface area contributed by atoms with E-state index in [1.807, 2.05) is 0 Å². The number of benzene rings is 1. The molecule has 0 aliphatic rings. The summed E-state index contributed by atoms with van der Waals surface area (Å²) >= 11 is 0. The fraction of sp³-hybridized carbons (Fsp3) is 0.312. The molecule has 2 aromatic heterocycles. The lowest BCUT2D eigenvalue weighted by Crippen LogP contribution is -2.24. The van der Waals surface area contributed by atoms with Gasteiger partial charge in [0.2, 0.25) is 5.65 Å². The van der Waals surface area contributed by atoms with Crippen LogP contribution in [-0.4, -0.2) is 18.7 Å². The van der Waals surface area contributed by atoms with Gasteiger partial charge in [-0.1, -0.05) is 19.9 Å². The van der Waals surface area contributed by atoms with E-state index in [4.69, 9.17) is 0 Å². The molecule has 23 heavy (non-hydrogen) atoms. The lowest BCUT2D eigenvalue weighted by molar-refractivity contribution is 0.478. The SMILES string of the molecule is CC(C)CCn1nc2c(=O)n(-c3cccc(F)c3)ccn2c1=O. The zero-order valence-electron chi connectivity index (χ0n) is 12.9. The highest BCUT2D eigenvalue weighted by molar-refractivity contribution is 5.39. The van der Waals surface area contributed by atoms with Gasteiger partial charge in [-0.3, -0.25) is 9.36 Å². The van der Waals surface area contributed by atoms with Gasteiger partial charge in [-0.25, -0.2) is 18.3 Å². The van der Waals surface area contributed by atoms with Crippen LogP contribution in [0.3, 0.4) is 0 Å². The zero-order chi connectivity index (χ0) is 16.6. The summed E-state index contributed by atoms with van der Waals surface area (Å²) in [5, 5.41) is 4.13. The van der Waals surface area contributed by atoms with Crippen LogP contribution >= 0.6 is 0 Å². The van der Waals surface area contributed by atoms with Crippen LogP contribution in [0.4, 0.5) is 4.39 Å². The molecule has 0 fully saturated rings. The van der Waals surface area contributed by atoms with E-state index in [1.165, 1.54) is 44.2 Å². The Morgan fingerprint density at radius 1 is 1.22 bits per heavy atom. The summed E-state index contributed by atoms with van der Waals surface area (Å²) < 4.78 is 17.1. The number of fused-ring (bicyclic) bond motifs is 1. The molecule has 0 unspecified atom stereocenters. The van der Waals surface area contributed by atoms with Gasteiger partial charge in [-0.15, -0.1) is 5.10 Å². The van der Waals surface area contributed by atoms with Crippen molar-refractivity contribution in [1.29, 1.82) is 0 Å². The number of halogens is 1. The maximum atomic E-state index is 13.4. The molecule has 120 valence electrons. The molecule has 1 aromatic carbocycles. The van der Waals surface area contributed by atoms with Crippen LogP contribution < -0.4 is 11.2 Å². The highest BCUT2D eigenvalue weighted by Gasteiger charge is 2.13. The normalized spacial score (nSPS) is 11.5. The first-order valence-corrected chi connectivity index (χ1v) is 7.44. The standard InChI is InChI=1S/C16H17FN4O2/c1-11(2)6-7-21-16(23)20-9-8-19(15(22)14(20)18-21)13-5-3-4-12(17)10-13/h3-5,8-11H,6-7H2,1-2H3. The minimum Gasteiger partial charge on any atom is -0.279 e. The van der Waals surface area contributed by atoms with Crippen molar-refractivity contribution in [2.24, 2.45) is 5.92 Å². The van der Waals surface area contributed by atoms with E-state index in [-0.39, 0.29) is 11.3 Å². The van der Waals surface area contributed by atoms with Gasteiger partial charge in [0.1, 0.15) is 5.82 Å². The van der Waals surface area contributed by atoms with Crippen molar-refractivity contribution < 1.29 is 4.39 Å². The molecule has 3 aromatic rings. The molecule has 0 saturated carbocycles. The summed E-state index contributed by atoms with van der Waals surface area (Å²) in [6.45, 7) is 4.56. The minimum absolute atomic E-state index is 0.0329. The molecule has 0 radical (unpaired) electrons. The van der Waals surface area contributed by atoms with Crippen LogP contribution in [0.15, 0.2) is 46.2 Å². The van der Waals surface area contributed by atoms with E-state index in [1.54, 1.807) is 6.07 Å². The second-order valence-electron chi connectivity index (χ2n) is 5.84. The quantitative estimate of drug-likeness (QED) is 0.738. The molecule has 0 aliphatic heterocycles. The maximum Gasteiger partial charge on any atom is 0.350 e. The summed E-state index contributed by atoms with van der Waals surface area (Å²) in [4.78, 5) is 24.8. The van der Waals surface area contributed by atoms with Crippen molar-refractivity contribution in [3.63, 3.8) is 0 Å². The monoisotopic (exact) mass is 316 g/mol. The van der Waals surface area contributed by atoms with Gasteiger partial charge in [-0.2, -0.15) is 0 Å². The van der Waals surface area contributed by atoms with Crippen LogP contribution in [0.5, 0.6) is 0 Å². The van der Waals surface area contributed by atoms with Crippen molar-refractivity contribution in [3.8, 4) is 5.69 Å². The van der Waals surface area contributed by atoms with Gasteiger partial charge in [0, 0.05) is 18.9 Å². The highest BCUT2D eigenvalue weighted by Crippen LogP contribution is 2.07. The summed E-state index contributed by atoms with van der Waals surface area (Å²) in [5.74, 6) is -0.00945. The Morgan fingerprint density at radius 2 is 2.00 bits per heavy atom. The van der Waals surface area contributed by atoms with E-state index >= 15 is 0 Å². The fourth-order valence-electron chi connectivity index (χ4n) is 2.36. The molecule has 0 spiro atoms. The smallest absolute Gasteiger partial charge is 0.279 e. The van der Waals surface area contributed by atoms with Crippen molar-refractivity contribution in [1.82, 2.24) is 18.7 Å². The Balaban J connectivity index is 2.13. The van der Waals surface area contributed by atoms with E-state index in [0.717, 1.165) is 6.42 Å². The average Bonchev–Trinajstić information content (AvgIpc) is 2.83. The number of nitrogens with zero attached hydrogens (tertiary/aromatic N) is 4. The van der Waals surface area contributed by atoms with Crippen molar-refractivity contribution in [2.45, 2.75) is 26.8 Å². The van der Waals surface area contributed by atoms with Gasteiger partial charge in [-0.05, 0) is 30.5 Å². The van der Waals surface area contributed by atoms with Crippen LogP contribution in [0.25, 0.3) is 11.3 Å². The van der Waals surface area contributed by atoms with Gasteiger partial charge in [0.05, 0.1) is 5.69 Å². The molecule has 0 amide bonds. The predicted octanol–water partition coefficient (Wildman–Crippen LogP) is 1.83. The molecule has 2 heterocycles. The Labute approximate surface area is 131 Å². The Morgan fingerprint density at radius 3 is 2.70 bits per heavy atom. The third kappa shape index (κ3) is 2.81. The molecule has 7 heteroatoms. The second-order valence-corrected chi connectivity index (χ2v) is 5.84. The van der Waals surface area contributed by atoms with E-state index < -0.39 is 11.4 Å². The Hall–Kier alpha value is -2.70. The van der Waals surface area contributed by atoms with E-state index in [9.17, 15) is 14.0 Å². The van der Waals surface area contributed by atoms with Crippen LogP contribution in [0.2, 0.25) is 0 Å². The molecule has 0 bridgehead atoms. The number of hydrogen-bond donors (Lipinski definition) is 0. The predicted molar refractivity (Wildman–Crippen MR) is 84.5 cm³/mol. The van der Waals surface area contributed by atoms with E-state index in [2.05, 4.69) is 18.9 Å². The summed E-state index contributed by atoms with van der Waals surface area (Å²) in [5.41, 5.74) is -0.380. The number of rotatable bonds is 4. The van der Waals surface area contributed by atoms with Crippen molar-refractivity contribution >= 4 is 5.65 Å². The van der Waals surface area contributed by atoms with Crippen LogP contribution in [0, 0.1) is 11.7 Å². The molecule has 0 atom stereocenters. The largest absolute Gasteiger partial charge is 0.350 e. The van der Waals surface area contributed by atoms with Crippen LogP contribution in [-0.2, 0) is 6.54 Å². The number of aromatic nitrogens is 4. The highest BCUT2D eigenvalue weighted by atomic mass is 19.1. The molecule has 0 saturated heterocycles. The van der Waals surface area contributed by atoms with E-state index in [0.29, 0.717) is 18.2 Å². The molecular weight excluding hydrogens is 299 g/mol. The van der Waals surface area contributed by atoms with Gasteiger partial charge < -0.3 is 0 Å². The molecular formula is C16H17FN4O2. The van der Waals surface area contributed by atoms with Crippen LogP contribution in [0.1, 0.15) is 20.3 Å². The van der Waals surface area contributed by atoms with Gasteiger partial charge in [0.25, 0.3) is 0 Å². The molecule has 0 aliphatic carbocycles. The third-order valence-corrected chi connectivity index (χ3v) is 3.65. The van der Waals surface area contributed by atoms with Crippen molar-refractivity contribution in [2.75, 3.05) is 0 Å². The van der Waals surface area contributed by atoms with Gasteiger partial charge >= 0.3 is 11.2 Å². The number of aryl methyl sites for hydroxylation is 1. The number of hydrogen-bond acceptors (Lipinski definition) is 3. The first kappa shape index (κ1) is 15.2. The second kappa shape index (κ2) is 5.83. The topological polar surface area (TPSA) is 61.3 Å². The first-order valence-electron chi connectivity index (χ1n) is 7.44. The Bertz CT molecular complexity index is 968.